The van der Waals surface area contributed by atoms with Gasteiger partial charge in [-0.3, -0.25) is 4.79 Å². The summed E-state index contributed by atoms with van der Waals surface area (Å²) in [5, 5.41) is 10.2. The molecule has 0 aliphatic rings. The number of aromatic nitrogens is 1. The van der Waals surface area contributed by atoms with Crippen molar-refractivity contribution in [1.29, 1.82) is 0 Å². The van der Waals surface area contributed by atoms with Crippen LogP contribution in [0.2, 0.25) is 0 Å². The molecule has 1 amide bonds. The Morgan fingerprint density at radius 3 is 2.67 bits per heavy atom. The smallest absolute Gasteiger partial charge is 0.271 e. The van der Waals surface area contributed by atoms with Crippen molar-refractivity contribution < 1.29 is 9.53 Å². The van der Waals surface area contributed by atoms with Crippen LogP contribution >= 0.6 is 49.9 Å². The molecule has 2 N–H and O–H groups in total. The number of aryl methyl sites for hydroxylation is 1. The second-order valence-electron chi connectivity index (χ2n) is 7.61. The van der Waals surface area contributed by atoms with Gasteiger partial charge < -0.3 is 10.1 Å². The molecule has 0 radical (unpaired) electrons. The Morgan fingerprint density at radius 2 is 1.97 bits per heavy atom. The van der Waals surface area contributed by atoms with Crippen LogP contribution in [0.5, 0.6) is 5.75 Å². The first kappa shape index (κ1) is 25.9. The quantitative estimate of drug-likeness (QED) is 0.0916. The summed E-state index contributed by atoms with van der Waals surface area (Å²) in [5.74, 6) is 2.81. The number of nitrogens with one attached hydrogen (secondary N) is 2. The molecule has 0 bridgehead atoms. The third-order valence-electron chi connectivity index (χ3n) is 4.95. The van der Waals surface area contributed by atoms with Gasteiger partial charge in [-0.25, -0.2) is 10.4 Å². The number of benzene rings is 3. The molecule has 0 aliphatic carbocycles. The molecule has 0 unspecified atom stereocenters. The molecule has 0 fully saturated rings. The highest BCUT2D eigenvalue weighted by Crippen LogP contribution is 2.31. The molecule has 0 aliphatic heterocycles. The van der Waals surface area contributed by atoms with E-state index in [-0.39, 0.29) is 12.5 Å². The van der Waals surface area contributed by atoms with Crippen LogP contribution in [0.1, 0.15) is 21.5 Å². The van der Waals surface area contributed by atoms with Crippen molar-refractivity contribution in [2.45, 2.75) is 6.92 Å². The van der Waals surface area contributed by atoms with Crippen LogP contribution < -0.4 is 15.5 Å². The van der Waals surface area contributed by atoms with E-state index in [4.69, 9.17) is 11.2 Å². The van der Waals surface area contributed by atoms with Crippen LogP contribution in [0, 0.1) is 22.8 Å². The van der Waals surface area contributed by atoms with Crippen LogP contribution in [-0.4, -0.2) is 23.7 Å². The normalized spacial score (nSPS) is 10.7. The van der Waals surface area contributed by atoms with Crippen LogP contribution in [0.25, 0.3) is 11.3 Å². The van der Waals surface area contributed by atoms with Crippen LogP contribution in [-0.2, 0) is 0 Å². The van der Waals surface area contributed by atoms with Gasteiger partial charge in [-0.15, -0.1) is 17.8 Å². The molecule has 4 aromatic rings. The summed E-state index contributed by atoms with van der Waals surface area (Å²) < 4.78 is 7.17. The molecule has 6 nitrogen and oxygen atoms in total. The fourth-order valence-electron chi connectivity index (χ4n) is 3.15. The molecule has 0 spiro atoms. The maximum absolute atomic E-state index is 12.5. The van der Waals surface area contributed by atoms with Gasteiger partial charge in [-0.2, -0.15) is 5.10 Å². The Kier molecular flexibility index (Phi) is 8.74. The zero-order valence-corrected chi connectivity index (χ0v) is 23.6. The summed E-state index contributed by atoms with van der Waals surface area (Å²) in [6.07, 6.45) is 6.83. The topological polar surface area (TPSA) is 75.6 Å². The molecule has 3 aromatic carbocycles. The van der Waals surface area contributed by atoms with E-state index in [1.807, 2.05) is 41.8 Å². The SMILES string of the molecule is C#CCOc1c(Br)cc(/C=N\NC(=O)c2ccc(-c3csc(Nc4ccc(C)cc4)n3)cc2)cc1I. The number of hydrogen-bond donors (Lipinski definition) is 2. The Bertz CT molecular complexity index is 1420. The zero-order valence-electron chi connectivity index (χ0n) is 19.1. The number of amides is 1. The highest BCUT2D eigenvalue weighted by Gasteiger charge is 2.10. The van der Waals surface area contributed by atoms with Crippen molar-refractivity contribution >= 4 is 72.8 Å². The van der Waals surface area contributed by atoms with Gasteiger partial charge in [0.1, 0.15) is 12.4 Å². The third kappa shape index (κ3) is 6.72. The number of rotatable bonds is 8. The van der Waals surface area contributed by atoms with Crippen molar-refractivity contribution in [3.05, 3.63) is 90.8 Å². The fourth-order valence-corrected chi connectivity index (χ4v) is 5.66. The van der Waals surface area contributed by atoms with E-state index in [0.29, 0.717) is 11.3 Å². The van der Waals surface area contributed by atoms with Crippen molar-refractivity contribution in [3.8, 4) is 29.4 Å². The molecule has 0 saturated heterocycles. The number of carbonyl (C=O) groups is 1. The van der Waals surface area contributed by atoms with Crippen molar-refractivity contribution in [2.75, 3.05) is 11.9 Å². The summed E-state index contributed by atoms with van der Waals surface area (Å²) in [4.78, 5) is 17.2. The van der Waals surface area contributed by atoms with E-state index >= 15 is 0 Å². The largest absolute Gasteiger partial charge is 0.479 e. The molecule has 0 saturated carbocycles. The van der Waals surface area contributed by atoms with Crippen LogP contribution in [0.3, 0.4) is 0 Å². The lowest BCUT2D eigenvalue weighted by atomic mass is 10.1. The van der Waals surface area contributed by atoms with Gasteiger partial charge >= 0.3 is 0 Å². The van der Waals surface area contributed by atoms with Gasteiger partial charge in [0.2, 0.25) is 0 Å². The van der Waals surface area contributed by atoms with E-state index in [1.54, 1.807) is 18.3 Å². The van der Waals surface area contributed by atoms with E-state index < -0.39 is 0 Å². The maximum Gasteiger partial charge on any atom is 0.271 e. The number of terminal acetylenes is 1. The number of anilines is 2. The number of thiazole rings is 1. The second-order valence-corrected chi connectivity index (χ2v) is 10.5. The van der Waals surface area contributed by atoms with E-state index in [9.17, 15) is 4.79 Å². The van der Waals surface area contributed by atoms with Crippen molar-refractivity contribution in [2.24, 2.45) is 5.10 Å². The summed E-state index contributed by atoms with van der Waals surface area (Å²) in [7, 11) is 0. The summed E-state index contributed by atoms with van der Waals surface area (Å²) in [6.45, 7) is 2.24. The standard InChI is InChI=1S/C27H20BrIN4O2S/c1-3-12-35-25-22(28)13-18(14-23(25)29)15-30-33-26(34)20-8-6-19(7-9-20)24-16-36-27(32-24)31-21-10-4-17(2)5-11-21/h1,4-11,13-16H,12H2,2H3,(H,31,32)(H,33,34)/b30-15-. The minimum atomic E-state index is -0.305. The lowest BCUT2D eigenvalue weighted by molar-refractivity contribution is 0.0955. The monoisotopic (exact) mass is 670 g/mol. The molecule has 1 aromatic heterocycles. The fraction of sp³-hybridized carbons (Fsp3) is 0.0741. The summed E-state index contributed by atoms with van der Waals surface area (Å²) >= 11 is 7.17. The molecule has 180 valence electrons. The predicted molar refractivity (Wildman–Crippen MR) is 158 cm³/mol. The number of nitrogens with zero attached hydrogens (tertiary/aromatic N) is 2. The summed E-state index contributed by atoms with van der Waals surface area (Å²) in [6, 6.07) is 19.1. The number of ether oxygens (including phenoxy) is 1. The maximum atomic E-state index is 12.5. The van der Waals surface area contributed by atoms with Crippen molar-refractivity contribution in [1.82, 2.24) is 10.4 Å². The van der Waals surface area contributed by atoms with E-state index in [0.717, 1.165) is 35.7 Å². The number of hydrazone groups is 1. The lowest BCUT2D eigenvalue weighted by Crippen LogP contribution is -2.17. The van der Waals surface area contributed by atoms with E-state index in [2.05, 4.69) is 84.3 Å². The molecule has 9 heteroatoms. The van der Waals surface area contributed by atoms with Gasteiger partial charge in [0.25, 0.3) is 5.91 Å². The average molecular weight is 671 g/mol. The average Bonchev–Trinajstić information content (AvgIpc) is 3.33. The Balaban J connectivity index is 1.36. The third-order valence-corrected chi connectivity index (χ3v) is 7.10. The van der Waals surface area contributed by atoms with E-state index in [1.165, 1.54) is 16.9 Å². The van der Waals surface area contributed by atoms with Gasteiger partial charge in [0.05, 0.1) is 20.0 Å². The van der Waals surface area contributed by atoms with Gasteiger partial charge in [0, 0.05) is 22.2 Å². The molecule has 4 rings (SSSR count). The molecule has 36 heavy (non-hydrogen) atoms. The van der Waals surface area contributed by atoms with Gasteiger partial charge in [-0.1, -0.05) is 35.7 Å². The highest BCUT2D eigenvalue weighted by atomic mass is 127. The molecule has 1 heterocycles. The number of hydrogen-bond acceptors (Lipinski definition) is 6. The molecular weight excluding hydrogens is 651 g/mol. The van der Waals surface area contributed by atoms with Crippen LogP contribution in [0.15, 0.2) is 75.6 Å². The first-order chi connectivity index (χ1) is 17.4. The summed E-state index contributed by atoms with van der Waals surface area (Å²) in [5.41, 5.74) is 7.82. The Labute approximate surface area is 235 Å². The molecule has 0 atom stereocenters. The lowest BCUT2D eigenvalue weighted by Gasteiger charge is -2.08. The van der Waals surface area contributed by atoms with Gasteiger partial charge in [0.15, 0.2) is 5.13 Å². The van der Waals surface area contributed by atoms with Gasteiger partial charge in [-0.05, 0) is 87.4 Å². The minimum absolute atomic E-state index is 0.185. The number of carbonyl (C=O) groups excluding carboxylic acids is 1. The van der Waals surface area contributed by atoms with Crippen molar-refractivity contribution in [3.63, 3.8) is 0 Å². The first-order valence-electron chi connectivity index (χ1n) is 10.7. The zero-order chi connectivity index (χ0) is 25.5. The predicted octanol–water partition coefficient (Wildman–Crippen LogP) is 7.01. The Hall–Kier alpha value is -3.20. The second kappa shape index (κ2) is 12.2. The Morgan fingerprint density at radius 1 is 1.22 bits per heavy atom. The van der Waals surface area contributed by atoms with Crippen LogP contribution in [0.4, 0.5) is 10.8 Å². The minimum Gasteiger partial charge on any atom is -0.479 e. The highest BCUT2D eigenvalue weighted by molar-refractivity contribution is 14.1. The number of halogens is 2. The first-order valence-corrected chi connectivity index (χ1v) is 13.5. The molecular formula is C27H20BrIN4O2S.